The molecule has 1 unspecified atom stereocenters. The summed E-state index contributed by atoms with van der Waals surface area (Å²) < 4.78 is 16.5. The summed E-state index contributed by atoms with van der Waals surface area (Å²) in [4.78, 5) is 15.4. The molecule has 0 radical (unpaired) electrons. The van der Waals surface area contributed by atoms with Gasteiger partial charge in [0.2, 0.25) is 0 Å². The fraction of sp³-hybridized carbons (Fsp3) is 0.400. The van der Waals surface area contributed by atoms with Crippen LogP contribution in [-0.4, -0.2) is 17.6 Å². The second-order valence-corrected chi connectivity index (χ2v) is 4.67. The Bertz CT molecular complexity index is 351. The maximum Gasteiger partial charge on any atom is 0.328 e. The van der Waals surface area contributed by atoms with Crippen molar-refractivity contribution < 1.29 is 13.9 Å². The quantitative estimate of drug-likeness (QED) is 0.628. The fourth-order valence-electron chi connectivity index (χ4n) is 1.02. The molecule has 0 saturated carbocycles. The number of hydrogen-bond acceptors (Lipinski definition) is 3. The van der Waals surface area contributed by atoms with Crippen molar-refractivity contribution in [3.05, 3.63) is 29.8 Å². The van der Waals surface area contributed by atoms with Crippen molar-refractivity contribution in [1.82, 2.24) is 4.98 Å². The van der Waals surface area contributed by atoms with E-state index in [2.05, 4.69) is 20.9 Å². The molecule has 0 spiro atoms. The molecule has 0 fully saturated rings. The molecule has 5 heteroatoms. The van der Waals surface area contributed by atoms with Gasteiger partial charge < -0.3 is 4.74 Å². The van der Waals surface area contributed by atoms with Crippen molar-refractivity contribution in [1.29, 1.82) is 0 Å². The van der Waals surface area contributed by atoms with E-state index in [1.165, 1.54) is 12.1 Å². The van der Waals surface area contributed by atoms with Crippen molar-refractivity contribution >= 4 is 21.9 Å². The number of nitrogens with zero attached hydrogens (tertiary/aromatic N) is 1. The summed E-state index contributed by atoms with van der Waals surface area (Å²) in [7, 11) is 0. The molecule has 1 rings (SSSR count). The van der Waals surface area contributed by atoms with Gasteiger partial charge in [-0.1, -0.05) is 15.9 Å². The number of carbonyl (C=O) groups is 1. The van der Waals surface area contributed by atoms with E-state index in [1.807, 2.05) is 0 Å². The van der Waals surface area contributed by atoms with E-state index < -0.39 is 16.1 Å². The highest BCUT2D eigenvalue weighted by Crippen LogP contribution is 2.30. The predicted molar refractivity (Wildman–Crippen MR) is 57.1 cm³/mol. The molecule has 0 amide bonds. The first-order valence-corrected chi connectivity index (χ1v) is 5.26. The summed E-state index contributed by atoms with van der Waals surface area (Å²) in [6, 6.07) is 2.70. The molecule has 0 aliphatic carbocycles. The van der Waals surface area contributed by atoms with Crippen LogP contribution in [0.2, 0.25) is 0 Å². The molecular weight excluding hydrogens is 265 g/mol. The number of hydrogen-bond donors (Lipinski definition) is 0. The Morgan fingerprint density at radius 2 is 2.33 bits per heavy atom. The zero-order valence-electron chi connectivity index (χ0n) is 8.46. The lowest BCUT2D eigenvalue weighted by Gasteiger charge is -2.19. The molecular formula is C10H11BrFNO2. The van der Waals surface area contributed by atoms with Crippen LogP contribution < -0.4 is 0 Å². The van der Waals surface area contributed by atoms with Crippen LogP contribution in [0.3, 0.4) is 0 Å². The van der Waals surface area contributed by atoms with Crippen molar-refractivity contribution in [3.63, 3.8) is 0 Å². The van der Waals surface area contributed by atoms with E-state index >= 15 is 0 Å². The van der Waals surface area contributed by atoms with Gasteiger partial charge in [-0.25, -0.2) is 4.39 Å². The van der Waals surface area contributed by atoms with Gasteiger partial charge in [-0.05, 0) is 26.0 Å². The van der Waals surface area contributed by atoms with Crippen LogP contribution in [0, 0.1) is 5.82 Å². The van der Waals surface area contributed by atoms with Crippen LogP contribution in [0.5, 0.6) is 0 Å². The molecule has 82 valence electrons. The molecule has 1 atom stereocenters. The maximum atomic E-state index is 12.6. The van der Waals surface area contributed by atoms with Crippen molar-refractivity contribution in [2.45, 2.75) is 18.2 Å². The summed E-state index contributed by atoms with van der Waals surface area (Å²) in [5, 5.41) is 0. The van der Waals surface area contributed by atoms with E-state index in [0.717, 1.165) is 6.20 Å². The van der Waals surface area contributed by atoms with Gasteiger partial charge in [-0.15, -0.1) is 0 Å². The number of pyridine rings is 1. The molecule has 1 aromatic rings. The van der Waals surface area contributed by atoms with Crippen molar-refractivity contribution in [2.75, 3.05) is 6.61 Å². The maximum absolute atomic E-state index is 12.6. The Morgan fingerprint density at radius 1 is 1.67 bits per heavy atom. The number of rotatable bonds is 3. The van der Waals surface area contributed by atoms with Crippen LogP contribution in [-0.2, 0) is 13.9 Å². The van der Waals surface area contributed by atoms with E-state index in [-0.39, 0.29) is 0 Å². The number of halogens is 2. The third-order valence-corrected chi connectivity index (χ3v) is 2.60. The second-order valence-electron chi connectivity index (χ2n) is 3.09. The molecule has 0 N–H and O–H groups in total. The first-order valence-electron chi connectivity index (χ1n) is 4.46. The van der Waals surface area contributed by atoms with Crippen molar-refractivity contribution in [2.24, 2.45) is 0 Å². The lowest BCUT2D eigenvalue weighted by atomic mass is 10.1. The van der Waals surface area contributed by atoms with Crippen molar-refractivity contribution in [3.8, 4) is 0 Å². The molecule has 3 nitrogen and oxygen atoms in total. The Labute approximate surface area is 95.8 Å². The number of carbonyl (C=O) groups excluding carboxylic acids is 1. The molecule has 0 aromatic carbocycles. The Morgan fingerprint density at radius 3 is 2.80 bits per heavy atom. The van der Waals surface area contributed by atoms with Crippen LogP contribution >= 0.6 is 15.9 Å². The summed E-state index contributed by atoms with van der Waals surface area (Å²) in [5.41, 5.74) is 0.419. The standard InChI is InChI=1S/C10H11BrFNO2/c1-3-15-9(14)10(2,11)8-5-4-7(12)6-13-8/h4-6H,3H2,1-2H3. The number of alkyl halides is 1. The molecule has 0 aliphatic rings. The minimum atomic E-state index is -1.03. The topological polar surface area (TPSA) is 39.2 Å². The Hall–Kier alpha value is -0.970. The van der Waals surface area contributed by atoms with Gasteiger partial charge in [-0.3, -0.25) is 9.78 Å². The van der Waals surface area contributed by atoms with Gasteiger partial charge >= 0.3 is 5.97 Å². The monoisotopic (exact) mass is 275 g/mol. The molecule has 1 heterocycles. The van der Waals surface area contributed by atoms with E-state index in [0.29, 0.717) is 12.3 Å². The molecule has 0 aliphatic heterocycles. The normalized spacial score (nSPS) is 14.4. The van der Waals surface area contributed by atoms with E-state index in [9.17, 15) is 9.18 Å². The highest BCUT2D eigenvalue weighted by molar-refractivity contribution is 9.10. The van der Waals surface area contributed by atoms with Gasteiger partial charge in [0.15, 0.2) is 4.32 Å². The van der Waals surface area contributed by atoms with Crippen LogP contribution in [0.4, 0.5) is 4.39 Å². The predicted octanol–water partition coefficient (Wildman–Crippen LogP) is 2.39. The van der Waals surface area contributed by atoms with Gasteiger partial charge in [0.25, 0.3) is 0 Å². The van der Waals surface area contributed by atoms with Crippen LogP contribution in [0.1, 0.15) is 19.5 Å². The Kier molecular flexibility index (Phi) is 3.79. The average Bonchev–Trinajstić information content (AvgIpc) is 2.18. The summed E-state index contributed by atoms with van der Waals surface area (Å²) in [5.74, 6) is -0.880. The summed E-state index contributed by atoms with van der Waals surface area (Å²) in [6.45, 7) is 3.63. The minimum absolute atomic E-state index is 0.293. The average molecular weight is 276 g/mol. The van der Waals surface area contributed by atoms with Gasteiger partial charge in [0, 0.05) is 0 Å². The molecule has 15 heavy (non-hydrogen) atoms. The SMILES string of the molecule is CCOC(=O)C(C)(Br)c1ccc(F)cn1. The first-order chi connectivity index (χ1) is 6.98. The second kappa shape index (κ2) is 4.70. The highest BCUT2D eigenvalue weighted by Gasteiger charge is 2.35. The van der Waals surface area contributed by atoms with Gasteiger partial charge in [0.1, 0.15) is 5.82 Å². The van der Waals surface area contributed by atoms with Gasteiger partial charge in [0.05, 0.1) is 18.5 Å². The lowest BCUT2D eigenvalue weighted by molar-refractivity contribution is -0.145. The third-order valence-electron chi connectivity index (χ3n) is 1.87. The fourth-order valence-corrected chi connectivity index (χ4v) is 1.37. The van der Waals surface area contributed by atoms with E-state index in [1.54, 1.807) is 13.8 Å². The van der Waals surface area contributed by atoms with Gasteiger partial charge in [-0.2, -0.15) is 0 Å². The van der Waals surface area contributed by atoms with E-state index in [4.69, 9.17) is 4.74 Å². The number of esters is 1. The number of aromatic nitrogens is 1. The zero-order chi connectivity index (χ0) is 11.5. The lowest BCUT2D eigenvalue weighted by Crippen LogP contribution is -2.29. The minimum Gasteiger partial charge on any atom is -0.465 e. The zero-order valence-corrected chi connectivity index (χ0v) is 10.0. The smallest absolute Gasteiger partial charge is 0.328 e. The summed E-state index contributed by atoms with van der Waals surface area (Å²) in [6.07, 6.45) is 1.06. The number of ether oxygens (including phenoxy) is 1. The highest BCUT2D eigenvalue weighted by atomic mass is 79.9. The largest absolute Gasteiger partial charge is 0.465 e. The Balaban J connectivity index is 2.94. The summed E-state index contributed by atoms with van der Waals surface area (Å²) >= 11 is 3.22. The first kappa shape index (κ1) is 12.1. The third kappa shape index (κ3) is 2.75. The molecule has 1 aromatic heterocycles. The van der Waals surface area contributed by atoms with Crippen LogP contribution in [0.25, 0.3) is 0 Å². The molecule has 0 saturated heterocycles. The molecule has 0 bridgehead atoms. The van der Waals surface area contributed by atoms with Crippen LogP contribution in [0.15, 0.2) is 18.3 Å².